The number of imidazole rings is 1. The topological polar surface area (TPSA) is 350 Å². The molecule has 0 spiro atoms. The lowest BCUT2D eigenvalue weighted by molar-refractivity contribution is -0.765. The monoisotopic (exact) mass is 855 g/mol. The van der Waals surface area contributed by atoms with E-state index in [4.69, 9.17) is 24.3 Å². The lowest BCUT2D eigenvalue weighted by Crippen LogP contribution is -2.46. The minimum Gasteiger partial charge on any atom is -0.387 e. The standard InChI is InChI=1S/C32H40N8O16P2/c33-28(47)18-6-3-11-39(12-18)31-26(45)24(43)19(54-31)13-52-57(48,49)56-58(50,51)53-14-20-25(44)27(46)32(55-20)40-16-37-23-29(35-15-36-30(23)40)38-22(42)8-7-21(41)34-10-9-17-4-1-2-5-17/h1-6,11-12,15-17,19-20,24-27,31-32,43-46H,7-10,13-14H2,(H5-,33,34,35,36,38,41,42,47,48,49,50,51)/p+1/t19-,20-,24-,25-,26-,27-,31-,32-/m1/s1. The molecule has 3 aliphatic rings. The Bertz CT molecular complexity index is 2140. The van der Waals surface area contributed by atoms with Crippen LogP contribution in [-0.4, -0.2) is 124 Å². The number of hydrogen-bond donors (Lipinski definition) is 9. The summed E-state index contributed by atoms with van der Waals surface area (Å²) in [7, 11) is -10.9. The van der Waals surface area contributed by atoms with E-state index in [-0.39, 0.29) is 47.2 Å². The molecule has 2 fully saturated rings. The molecule has 3 amide bonds. The largest absolute Gasteiger partial charge is 0.481 e. The first-order chi connectivity index (χ1) is 27.5. The van der Waals surface area contributed by atoms with Gasteiger partial charge in [0, 0.05) is 25.5 Å². The third-order valence-electron chi connectivity index (χ3n) is 9.18. The number of nitrogens with zero attached hydrogens (tertiary/aromatic N) is 5. The Hall–Kier alpha value is -4.39. The van der Waals surface area contributed by atoms with Gasteiger partial charge in [-0.1, -0.05) is 24.3 Å². The summed E-state index contributed by atoms with van der Waals surface area (Å²) in [6.45, 7) is -1.45. The van der Waals surface area contributed by atoms with Gasteiger partial charge in [0.2, 0.25) is 11.8 Å². The molecule has 10 N–H and O–H groups in total. The molecule has 24 nitrogen and oxygen atoms in total. The highest BCUT2D eigenvalue weighted by molar-refractivity contribution is 7.61. The van der Waals surface area contributed by atoms with Crippen LogP contribution >= 0.6 is 15.6 Å². The second kappa shape index (κ2) is 18.3. The van der Waals surface area contributed by atoms with E-state index in [0.29, 0.717) is 6.54 Å². The highest BCUT2D eigenvalue weighted by atomic mass is 31.3. The molecule has 2 unspecified atom stereocenters. The molecule has 6 rings (SSSR count). The molecule has 0 aromatic carbocycles. The van der Waals surface area contributed by atoms with E-state index in [1.54, 1.807) is 0 Å². The second-order valence-corrected chi connectivity index (χ2v) is 16.3. The lowest BCUT2D eigenvalue weighted by Gasteiger charge is -2.20. The van der Waals surface area contributed by atoms with Gasteiger partial charge in [0.15, 0.2) is 41.7 Å². The summed E-state index contributed by atoms with van der Waals surface area (Å²) in [6, 6.07) is 2.82. The van der Waals surface area contributed by atoms with Gasteiger partial charge in [-0.05, 0) is 18.4 Å². The molecule has 2 saturated heterocycles. The average molecular weight is 856 g/mol. The number of aromatic nitrogens is 5. The molecule has 2 aliphatic heterocycles. The number of primary amides is 1. The molecule has 0 bridgehead atoms. The van der Waals surface area contributed by atoms with Crippen LogP contribution in [0, 0.1) is 5.92 Å². The fraction of sp³-hybridized carbons (Fsp3) is 0.469. The van der Waals surface area contributed by atoms with Gasteiger partial charge in [0.1, 0.15) is 42.4 Å². The van der Waals surface area contributed by atoms with Crippen molar-refractivity contribution in [3.8, 4) is 0 Å². The van der Waals surface area contributed by atoms with E-state index in [1.165, 1.54) is 40.0 Å². The third-order valence-corrected chi connectivity index (χ3v) is 11.8. The van der Waals surface area contributed by atoms with Crippen molar-refractivity contribution >= 4 is 50.3 Å². The number of aliphatic hydroxyl groups is 4. The molecule has 10 atom stereocenters. The summed E-state index contributed by atoms with van der Waals surface area (Å²) in [5, 5.41) is 47.7. The number of hydrogen-bond acceptors (Lipinski definition) is 17. The van der Waals surface area contributed by atoms with Gasteiger partial charge < -0.3 is 56.1 Å². The van der Waals surface area contributed by atoms with Crippen molar-refractivity contribution in [1.82, 2.24) is 24.8 Å². The number of anilines is 1. The number of aliphatic hydroxyl groups excluding tert-OH is 4. The minimum absolute atomic E-state index is 0.0187. The number of carbonyl (C=O) groups excluding carboxylic acids is 3. The van der Waals surface area contributed by atoms with E-state index < -0.39 is 89.8 Å². The summed E-state index contributed by atoms with van der Waals surface area (Å²) in [5.41, 5.74) is 5.42. The van der Waals surface area contributed by atoms with Crippen LogP contribution in [0.25, 0.3) is 11.2 Å². The summed E-state index contributed by atoms with van der Waals surface area (Å²) in [5.74, 6) is -1.38. The van der Waals surface area contributed by atoms with Crippen LogP contribution in [0.5, 0.6) is 0 Å². The minimum atomic E-state index is -5.46. The van der Waals surface area contributed by atoms with Crippen molar-refractivity contribution in [3.05, 3.63) is 67.0 Å². The van der Waals surface area contributed by atoms with Gasteiger partial charge in [-0.3, -0.25) is 28.0 Å². The predicted molar refractivity (Wildman–Crippen MR) is 192 cm³/mol. The van der Waals surface area contributed by atoms with Gasteiger partial charge in [-0.2, -0.15) is 8.88 Å². The molecule has 0 saturated carbocycles. The lowest BCUT2D eigenvalue weighted by atomic mass is 10.1. The van der Waals surface area contributed by atoms with Gasteiger partial charge in [-0.15, -0.1) is 0 Å². The number of rotatable bonds is 18. The highest BCUT2D eigenvalue weighted by Crippen LogP contribution is 2.60. The zero-order valence-electron chi connectivity index (χ0n) is 30.2. The average Bonchev–Trinajstić information content (AvgIpc) is 3.97. The van der Waals surface area contributed by atoms with E-state index in [1.807, 2.05) is 24.3 Å². The molecular weight excluding hydrogens is 814 g/mol. The molecule has 26 heteroatoms. The fourth-order valence-electron chi connectivity index (χ4n) is 6.21. The summed E-state index contributed by atoms with van der Waals surface area (Å²) < 4.78 is 52.7. The van der Waals surface area contributed by atoms with Crippen LogP contribution in [-0.2, 0) is 41.6 Å². The predicted octanol–water partition coefficient (Wildman–Crippen LogP) is -1.63. The van der Waals surface area contributed by atoms with Gasteiger partial charge >= 0.3 is 15.6 Å². The number of nitrogens with one attached hydrogen (secondary N) is 2. The molecular formula is C32H41N8O16P2+. The number of pyridine rings is 1. The van der Waals surface area contributed by atoms with Crippen molar-refractivity contribution in [2.24, 2.45) is 11.7 Å². The highest BCUT2D eigenvalue weighted by Gasteiger charge is 2.50. The number of fused-ring (bicyclic) bond motifs is 1. The first-order valence-electron chi connectivity index (χ1n) is 17.6. The Morgan fingerprint density at radius 1 is 0.897 bits per heavy atom. The summed E-state index contributed by atoms with van der Waals surface area (Å²) >= 11 is 0. The number of amides is 3. The van der Waals surface area contributed by atoms with Crippen LogP contribution in [0.15, 0.2) is 61.5 Å². The van der Waals surface area contributed by atoms with Crippen LogP contribution in [0.4, 0.5) is 5.82 Å². The Labute approximate surface area is 328 Å². The normalized spacial score (nSPS) is 27.8. The number of ether oxygens (including phenoxy) is 2. The number of phosphoric ester groups is 2. The van der Waals surface area contributed by atoms with Crippen LogP contribution in [0.1, 0.15) is 42.1 Å². The number of phosphoric acid groups is 2. The Morgan fingerprint density at radius 2 is 1.55 bits per heavy atom. The van der Waals surface area contributed by atoms with E-state index in [2.05, 4.69) is 29.9 Å². The van der Waals surface area contributed by atoms with E-state index >= 15 is 0 Å². The molecule has 3 aromatic rings. The number of allylic oxidation sites excluding steroid dienone is 4. The first kappa shape index (κ1) is 43.2. The fourth-order valence-corrected chi connectivity index (χ4v) is 8.30. The quantitative estimate of drug-likeness (QED) is 0.0512. The van der Waals surface area contributed by atoms with Crippen molar-refractivity contribution < 1.29 is 81.1 Å². The maximum Gasteiger partial charge on any atom is 0.481 e. The molecule has 1 aliphatic carbocycles. The zero-order chi connectivity index (χ0) is 41.8. The van der Waals surface area contributed by atoms with Gasteiger partial charge in [-0.25, -0.2) is 24.1 Å². The van der Waals surface area contributed by atoms with Crippen molar-refractivity contribution in [1.29, 1.82) is 0 Å². The van der Waals surface area contributed by atoms with Crippen LogP contribution in [0.2, 0.25) is 0 Å². The molecule has 3 aromatic heterocycles. The smallest absolute Gasteiger partial charge is 0.387 e. The molecule has 5 heterocycles. The van der Waals surface area contributed by atoms with Crippen molar-refractivity contribution in [3.63, 3.8) is 0 Å². The van der Waals surface area contributed by atoms with Crippen LogP contribution in [0.3, 0.4) is 0 Å². The number of carbonyl (C=O) groups is 3. The maximum absolute atomic E-state index is 12.6. The Kier molecular flexibility index (Phi) is 13.6. The van der Waals surface area contributed by atoms with Gasteiger partial charge in [0.25, 0.3) is 12.1 Å². The third kappa shape index (κ3) is 10.4. The first-order valence-corrected chi connectivity index (χ1v) is 20.6. The maximum atomic E-state index is 12.6. The molecule has 314 valence electrons. The van der Waals surface area contributed by atoms with Gasteiger partial charge in [0.05, 0.1) is 19.5 Å². The molecule has 58 heavy (non-hydrogen) atoms. The SMILES string of the molecule is NC(=O)c1ccc[n+]([C@@H]2O[C@H](COP(=O)(O)OP(=O)(O)OC[C@H]3O[C@@H](n4cnc5c(NC(=O)CCC(=O)NCCC6C=CC=C6)ncnc54)[C@H](O)[C@@H]3O)[C@@H](O)[C@H]2O)c1. The van der Waals surface area contributed by atoms with Crippen LogP contribution < -0.4 is 20.9 Å². The molecule has 0 radical (unpaired) electrons. The summed E-state index contributed by atoms with van der Waals surface area (Å²) in [4.78, 5) is 69.0. The van der Waals surface area contributed by atoms with Crippen molar-refractivity contribution in [2.75, 3.05) is 25.1 Å². The Balaban J connectivity index is 0.986. The Morgan fingerprint density at radius 3 is 2.24 bits per heavy atom. The zero-order valence-corrected chi connectivity index (χ0v) is 32.0. The summed E-state index contributed by atoms with van der Waals surface area (Å²) in [6.07, 6.45) is 0.868. The second-order valence-electron chi connectivity index (χ2n) is 13.3. The van der Waals surface area contributed by atoms with E-state index in [9.17, 15) is 53.7 Å². The number of nitrogens with two attached hydrogens (primary N) is 1. The van der Waals surface area contributed by atoms with Crippen molar-refractivity contribution in [2.45, 2.75) is 68.3 Å². The van der Waals surface area contributed by atoms with E-state index in [0.717, 1.165) is 12.7 Å².